The normalized spacial score (nSPS) is 17.5. The molecule has 0 aliphatic heterocycles. The predicted octanol–water partition coefficient (Wildman–Crippen LogP) is 2.47. The molecular formula is C13H23N3O. The van der Waals surface area contributed by atoms with Gasteiger partial charge in [0.1, 0.15) is 0 Å². The molecular weight excluding hydrogens is 214 g/mol. The second-order valence-corrected chi connectivity index (χ2v) is 5.04. The zero-order valence-corrected chi connectivity index (χ0v) is 10.5. The second kappa shape index (κ2) is 6.74. The standard InChI is InChI=1S/C13H23N3O/c14-10-4-7-12-15-13(17-16-12)9-8-11-5-2-1-3-6-11/h11H,1-10,14H2. The van der Waals surface area contributed by atoms with Gasteiger partial charge in [0.15, 0.2) is 5.82 Å². The van der Waals surface area contributed by atoms with Crippen molar-refractivity contribution in [1.82, 2.24) is 10.1 Å². The Bertz CT molecular complexity index is 318. The maximum absolute atomic E-state index is 5.45. The van der Waals surface area contributed by atoms with E-state index in [0.717, 1.165) is 36.9 Å². The molecule has 2 N–H and O–H groups in total. The van der Waals surface area contributed by atoms with Crippen molar-refractivity contribution >= 4 is 0 Å². The molecule has 1 aromatic rings. The molecule has 4 nitrogen and oxygen atoms in total. The summed E-state index contributed by atoms with van der Waals surface area (Å²) < 4.78 is 5.25. The van der Waals surface area contributed by atoms with Crippen molar-refractivity contribution in [1.29, 1.82) is 0 Å². The molecule has 4 heteroatoms. The van der Waals surface area contributed by atoms with Gasteiger partial charge in [-0.05, 0) is 25.3 Å². The highest BCUT2D eigenvalue weighted by Gasteiger charge is 2.15. The minimum atomic E-state index is 0.686. The van der Waals surface area contributed by atoms with Crippen LogP contribution >= 0.6 is 0 Å². The lowest BCUT2D eigenvalue weighted by atomic mass is 9.86. The van der Waals surface area contributed by atoms with Gasteiger partial charge in [-0.15, -0.1) is 0 Å². The molecule has 2 rings (SSSR count). The Labute approximate surface area is 103 Å². The molecule has 0 unspecified atom stereocenters. The van der Waals surface area contributed by atoms with Crippen molar-refractivity contribution in [3.63, 3.8) is 0 Å². The lowest BCUT2D eigenvalue weighted by Crippen LogP contribution is -2.07. The van der Waals surface area contributed by atoms with Crippen molar-refractivity contribution in [2.24, 2.45) is 11.7 Å². The van der Waals surface area contributed by atoms with Gasteiger partial charge in [0.05, 0.1) is 0 Å². The van der Waals surface area contributed by atoms with E-state index in [-0.39, 0.29) is 0 Å². The summed E-state index contributed by atoms with van der Waals surface area (Å²) in [5, 5.41) is 3.98. The fourth-order valence-electron chi connectivity index (χ4n) is 2.56. The number of aryl methyl sites for hydroxylation is 2. The van der Waals surface area contributed by atoms with Crippen molar-refractivity contribution in [3.05, 3.63) is 11.7 Å². The van der Waals surface area contributed by atoms with E-state index in [1.54, 1.807) is 0 Å². The molecule has 1 aliphatic rings. The van der Waals surface area contributed by atoms with Crippen LogP contribution < -0.4 is 5.73 Å². The van der Waals surface area contributed by atoms with Crippen molar-refractivity contribution in [3.8, 4) is 0 Å². The van der Waals surface area contributed by atoms with Crippen LogP contribution in [0.4, 0.5) is 0 Å². The smallest absolute Gasteiger partial charge is 0.226 e. The van der Waals surface area contributed by atoms with E-state index >= 15 is 0 Å². The first-order chi connectivity index (χ1) is 8.38. The molecule has 0 spiro atoms. The Morgan fingerprint density at radius 1 is 1.18 bits per heavy atom. The Hall–Kier alpha value is -0.900. The molecule has 1 heterocycles. The lowest BCUT2D eigenvalue weighted by Gasteiger charge is -2.20. The molecule has 0 radical (unpaired) electrons. The van der Waals surface area contributed by atoms with E-state index in [1.807, 2.05) is 0 Å². The van der Waals surface area contributed by atoms with Gasteiger partial charge in [-0.1, -0.05) is 37.3 Å². The highest BCUT2D eigenvalue weighted by Crippen LogP contribution is 2.27. The van der Waals surface area contributed by atoms with Crippen LogP contribution in [-0.4, -0.2) is 16.7 Å². The third kappa shape index (κ3) is 4.11. The van der Waals surface area contributed by atoms with Gasteiger partial charge in [-0.3, -0.25) is 0 Å². The minimum absolute atomic E-state index is 0.686. The maximum atomic E-state index is 5.45. The van der Waals surface area contributed by atoms with Crippen LogP contribution in [0.5, 0.6) is 0 Å². The fraction of sp³-hybridized carbons (Fsp3) is 0.846. The summed E-state index contributed by atoms with van der Waals surface area (Å²) in [6.07, 6.45) is 10.9. The number of hydrogen-bond acceptors (Lipinski definition) is 4. The average molecular weight is 237 g/mol. The van der Waals surface area contributed by atoms with Crippen LogP contribution in [0, 0.1) is 5.92 Å². The Morgan fingerprint density at radius 2 is 2.00 bits per heavy atom. The summed E-state index contributed by atoms with van der Waals surface area (Å²) in [5.74, 6) is 2.50. The summed E-state index contributed by atoms with van der Waals surface area (Å²) >= 11 is 0. The van der Waals surface area contributed by atoms with Crippen molar-refractivity contribution in [2.45, 2.75) is 57.8 Å². The monoisotopic (exact) mass is 237 g/mol. The third-order valence-electron chi connectivity index (χ3n) is 3.61. The predicted molar refractivity (Wildman–Crippen MR) is 66.6 cm³/mol. The summed E-state index contributed by atoms with van der Waals surface area (Å²) in [4.78, 5) is 4.40. The average Bonchev–Trinajstić information content (AvgIpc) is 2.83. The van der Waals surface area contributed by atoms with Crippen LogP contribution in [0.3, 0.4) is 0 Å². The van der Waals surface area contributed by atoms with Crippen molar-refractivity contribution in [2.75, 3.05) is 6.54 Å². The van der Waals surface area contributed by atoms with Crippen molar-refractivity contribution < 1.29 is 4.52 Å². The first-order valence-electron chi connectivity index (χ1n) is 6.90. The molecule has 96 valence electrons. The summed E-state index contributed by atoms with van der Waals surface area (Å²) in [6, 6.07) is 0. The van der Waals surface area contributed by atoms with Gasteiger partial charge in [-0.2, -0.15) is 4.98 Å². The van der Waals surface area contributed by atoms with Gasteiger partial charge in [0.25, 0.3) is 0 Å². The first kappa shape index (κ1) is 12.6. The zero-order valence-electron chi connectivity index (χ0n) is 10.5. The topological polar surface area (TPSA) is 64.9 Å². The SMILES string of the molecule is NCCCc1noc(CCC2CCCCC2)n1. The highest BCUT2D eigenvalue weighted by atomic mass is 16.5. The highest BCUT2D eigenvalue weighted by molar-refractivity contribution is 4.87. The van der Waals surface area contributed by atoms with E-state index < -0.39 is 0 Å². The number of nitrogens with two attached hydrogens (primary N) is 1. The van der Waals surface area contributed by atoms with Gasteiger partial charge < -0.3 is 10.3 Å². The summed E-state index contributed by atoms with van der Waals surface area (Å²) in [6.45, 7) is 0.686. The molecule has 1 aromatic heterocycles. The lowest BCUT2D eigenvalue weighted by molar-refractivity contribution is 0.314. The van der Waals surface area contributed by atoms with Crippen LogP contribution in [0.1, 0.15) is 56.7 Å². The van der Waals surface area contributed by atoms with E-state index in [4.69, 9.17) is 10.3 Å². The quantitative estimate of drug-likeness (QED) is 0.825. The molecule has 17 heavy (non-hydrogen) atoms. The first-order valence-corrected chi connectivity index (χ1v) is 6.90. The molecule has 1 saturated carbocycles. The maximum Gasteiger partial charge on any atom is 0.226 e. The molecule has 0 saturated heterocycles. The molecule has 0 atom stereocenters. The molecule has 0 aromatic carbocycles. The van der Waals surface area contributed by atoms with Crippen LogP contribution in [0.25, 0.3) is 0 Å². The second-order valence-electron chi connectivity index (χ2n) is 5.04. The molecule has 0 amide bonds. The van der Waals surface area contributed by atoms with E-state index in [2.05, 4.69) is 10.1 Å². The molecule has 0 bridgehead atoms. The Balaban J connectivity index is 1.72. The summed E-state index contributed by atoms with van der Waals surface area (Å²) in [5.41, 5.74) is 5.45. The van der Waals surface area contributed by atoms with Gasteiger partial charge in [0.2, 0.25) is 5.89 Å². The largest absolute Gasteiger partial charge is 0.339 e. The van der Waals surface area contributed by atoms with E-state index in [1.165, 1.54) is 38.5 Å². The number of nitrogens with zero attached hydrogens (tertiary/aromatic N) is 2. The van der Waals surface area contributed by atoms with Gasteiger partial charge in [0, 0.05) is 12.8 Å². The summed E-state index contributed by atoms with van der Waals surface area (Å²) in [7, 11) is 0. The minimum Gasteiger partial charge on any atom is -0.339 e. The fourth-order valence-corrected chi connectivity index (χ4v) is 2.56. The Morgan fingerprint density at radius 3 is 2.76 bits per heavy atom. The Kier molecular flexibility index (Phi) is 4.98. The zero-order chi connectivity index (χ0) is 11.9. The van der Waals surface area contributed by atoms with Gasteiger partial charge in [-0.25, -0.2) is 0 Å². The molecule has 1 aliphatic carbocycles. The van der Waals surface area contributed by atoms with Gasteiger partial charge >= 0.3 is 0 Å². The van der Waals surface area contributed by atoms with Crippen LogP contribution in [-0.2, 0) is 12.8 Å². The molecule has 1 fully saturated rings. The number of rotatable bonds is 6. The number of hydrogen-bond donors (Lipinski definition) is 1. The van der Waals surface area contributed by atoms with E-state index in [9.17, 15) is 0 Å². The van der Waals surface area contributed by atoms with Crippen LogP contribution in [0.15, 0.2) is 4.52 Å². The van der Waals surface area contributed by atoms with E-state index in [0.29, 0.717) is 6.54 Å². The third-order valence-corrected chi connectivity index (χ3v) is 3.61. The number of aromatic nitrogens is 2. The van der Waals surface area contributed by atoms with Crippen LogP contribution in [0.2, 0.25) is 0 Å².